The SMILES string of the molecule is CNc1nc(C)c([N+](=O)[O-])c(N2CCCOCC2)n1. The fraction of sp³-hybridized carbons (Fsp3) is 0.636. The molecule has 1 fully saturated rings. The third-order valence-electron chi connectivity index (χ3n) is 2.97. The molecule has 0 aliphatic carbocycles. The lowest BCUT2D eigenvalue weighted by molar-refractivity contribution is -0.385. The number of ether oxygens (including phenoxy) is 1. The van der Waals surface area contributed by atoms with Crippen LogP contribution >= 0.6 is 0 Å². The number of hydrogen-bond acceptors (Lipinski definition) is 7. The summed E-state index contributed by atoms with van der Waals surface area (Å²) in [6.07, 6.45) is 0.828. The number of aromatic nitrogens is 2. The van der Waals surface area contributed by atoms with Crippen LogP contribution in [-0.2, 0) is 4.74 Å². The van der Waals surface area contributed by atoms with Crippen molar-refractivity contribution in [3.8, 4) is 0 Å². The van der Waals surface area contributed by atoms with Gasteiger partial charge in [-0.1, -0.05) is 0 Å². The van der Waals surface area contributed by atoms with E-state index in [1.807, 2.05) is 4.90 Å². The van der Waals surface area contributed by atoms with Crippen molar-refractivity contribution in [1.29, 1.82) is 0 Å². The Morgan fingerprint density at radius 1 is 1.37 bits per heavy atom. The van der Waals surface area contributed by atoms with Gasteiger partial charge < -0.3 is 15.0 Å². The molecule has 0 amide bonds. The molecule has 0 unspecified atom stereocenters. The topological polar surface area (TPSA) is 93.4 Å². The lowest BCUT2D eigenvalue weighted by Crippen LogP contribution is -2.28. The normalized spacial score (nSPS) is 16.0. The molecule has 1 saturated heterocycles. The van der Waals surface area contributed by atoms with Crippen LogP contribution < -0.4 is 10.2 Å². The van der Waals surface area contributed by atoms with Gasteiger partial charge in [0, 0.05) is 26.7 Å². The lowest BCUT2D eigenvalue weighted by Gasteiger charge is -2.21. The third-order valence-corrected chi connectivity index (χ3v) is 2.97. The highest BCUT2D eigenvalue weighted by atomic mass is 16.6. The van der Waals surface area contributed by atoms with Crippen LogP contribution in [0.25, 0.3) is 0 Å². The van der Waals surface area contributed by atoms with E-state index in [1.54, 1.807) is 14.0 Å². The third kappa shape index (κ3) is 2.90. The molecule has 1 aliphatic heterocycles. The quantitative estimate of drug-likeness (QED) is 0.644. The molecule has 104 valence electrons. The second-order valence-corrected chi connectivity index (χ2v) is 4.26. The summed E-state index contributed by atoms with van der Waals surface area (Å²) in [5.41, 5.74) is 0.338. The second kappa shape index (κ2) is 5.79. The van der Waals surface area contributed by atoms with Crippen molar-refractivity contribution in [2.75, 3.05) is 43.6 Å². The number of aryl methyl sites for hydroxylation is 1. The lowest BCUT2D eigenvalue weighted by atomic mass is 10.3. The Kier molecular flexibility index (Phi) is 4.10. The van der Waals surface area contributed by atoms with Crippen molar-refractivity contribution in [2.24, 2.45) is 0 Å². The molecule has 1 aliphatic rings. The minimum absolute atomic E-state index is 0.0269. The number of nitro groups is 1. The Labute approximate surface area is 110 Å². The highest BCUT2D eigenvalue weighted by molar-refractivity contribution is 5.62. The summed E-state index contributed by atoms with van der Waals surface area (Å²) in [7, 11) is 1.69. The van der Waals surface area contributed by atoms with Gasteiger partial charge in [0.05, 0.1) is 11.5 Å². The molecule has 8 nitrogen and oxygen atoms in total. The van der Waals surface area contributed by atoms with Gasteiger partial charge in [-0.3, -0.25) is 10.1 Å². The average molecular weight is 267 g/mol. The zero-order valence-electron chi connectivity index (χ0n) is 11.0. The maximum atomic E-state index is 11.2. The summed E-state index contributed by atoms with van der Waals surface area (Å²) in [6, 6.07) is 0. The molecule has 1 aromatic heterocycles. The van der Waals surface area contributed by atoms with Crippen LogP contribution in [0, 0.1) is 17.0 Å². The zero-order chi connectivity index (χ0) is 13.8. The fourth-order valence-electron chi connectivity index (χ4n) is 2.06. The molecular weight excluding hydrogens is 250 g/mol. The Hall–Kier alpha value is -1.96. The van der Waals surface area contributed by atoms with Crippen molar-refractivity contribution in [3.05, 3.63) is 15.8 Å². The smallest absolute Gasteiger partial charge is 0.332 e. The largest absolute Gasteiger partial charge is 0.380 e. The van der Waals surface area contributed by atoms with Crippen LogP contribution in [0.3, 0.4) is 0 Å². The summed E-state index contributed by atoms with van der Waals surface area (Å²) in [6.45, 7) is 4.14. The zero-order valence-corrected chi connectivity index (χ0v) is 11.0. The standard InChI is InChI=1S/C11H17N5O3/c1-8-9(16(17)18)10(14-11(12-2)13-8)15-4-3-6-19-7-5-15/h3-7H2,1-2H3,(H,12,13,14). The van der Waals surface area contributed by atoms with E-state index in [2.05, 4.69) is 15.3 Å². The Bertz CT molecular complexity index is 472. The molecule has 8 heteroatoms. The van der Waals surface area contributed by atoms with Crippen LogP contribution in [0.15, 0.2) is 0 Å². The van der Waals surface area contributed by atoms with Crippen LogP contribution in [0.2, 0.25) is 0 Å². The molecule has 2 heterocycles. The molecule has 0 aromatic carbocycles. The van der Waals surface area contributed by atoms with Gasteiger partial charge in [0.1, 0.15) is 5.69 Å². The number of rotatable bonds is 3. The first-order valence-electron chi connectivity index (χ1n) is 6.17. The van der Waals surface area contributed by atoms with Gasteiger partial charge in [0.15, 0.2) is 0 Å². The summed E-state index contributed by atoms with van der Waals surface area (Å²) in [5.74, 6) is 0.760. The molecule has 2 rings (SSSR count). The molecule has 1 aromatic rings. The first-order chi connectivity index (χ1) is 9.13. The molecule has 1 N–H and O–H groups in total. The number of anilines is 2. The van der Waals surface area contributed by atoms with E-state index in [1.165, 1.54) is 0 Å². The summed E-state index contributed by atoms with van der Waals surface area (Å²) < 4.78 is 5.36. The predicted octanol–water partition coefficient (Wildman–Crippen LogP) is 0.962. The van der Waals surface area contributed by atoms with Crippen molar-refractivity contribution >= 4 is 17.5 Å². The van der Waals surface area contributed by atoms with E-state index in [9.17, 15) is 10.1 Å². The molecular formula is C11H17N5O3. The van der Waals surface area contributed by atoms with Crippen molar-refractivity contribution in [3.63, 3.8) is 0 Å². The maximum absolute atomic E-state index is 11.2. The van der Waals surface area contributed by atoms with Gasteiger partial charge in [-0.05, 0) is 13.3 Å². The second-order valence-electron chi connectivity index (χ2n) is 4.26. The first-order valence-corrected chi connectivity index (χ1v) is 6.17. The van der Waals surface area contributed by atoms with Gasteiger partial charge >= 0.3 is 5.69 Å². The molecule has 0 radical (unpaired) electrons. The van der Waals surface area contributed by atoms with E-state index in [0.717, 1.165) is 6.42 Å². The summed E-state index contributed by atoms with van der Waals surface area (Å²) >= 11 is 0. The number of nitrogens with one attached hydrogen (secondary N) is 1. The van der Waals surface area contributed by atoms with Crippen LogP contribution in [-0.4, -0.2) is 48.2 Å². The van der Waals surface area contributed by atoms with Crippen molar-refractivity contribution in [1.82, 2.24) is 9.97 Å². The van der Waals surface area contributed by atoms with Crippen LogP contribution in [0.4, 0.5) is 17.5 Å². The van der Waals surface area contributed by atoms with E-state index in [0.29, 0.717) is 43.8 Å². The number of nitrogens with zero attached hydrogens (tertiary/aromatic N) is 4. The highest BCUT2D eigenvalue weighted by Gasteiger charge is 2.26. The van der Waals surface area contributed by atoms with E-state index >= 15 is 0 Å². The first kappa shape index (κ1) is 13.5. The average Bonchev–Trinajstić information content (AvgIpc) is 2.65. The molecule has 0 saturated carbocycles. The molecule has 19 heavy (non-hydrogen) atoms. The minimum Gasteiger partial charge on any atom is -0.380 e. The Morgan fingerprint density at radius 2 is 2.16 bits per heavy atom. The van der Waals surface area contributed by atoms with E-state index < -0.39 is 4.92 Å². The highest BCUT2D eigenvalue weighted by Crippen LogP contribution is 2.30. The molecule has 0 bridgehead atoms. The summed E-state index contributed by atoms with van der Waals surface area (Å²) in [5, 5.41) is 14.0. The van der Waals surface area contributed by atoms with E-state index in [-0.39, 0.29) is 5.69 Å². The van der Waals surface area contributed by atoms with Gasteiger partial charge in [-0.25, -0.2) is 4.98 Å². The van der Waals surface area contributed by atoms with E-state index in [4.69, 9.17) is 4.74 Å². The molecule has 0 atom stereocenters. The molecule has 0 spiro atoms. The fourth-order valence-corrected chi connectivity index (χ4v) is 2.06. The Morgan fingerprint density at radius 3 is 2.84 bits per heavy atom. The van der Waals surface area contributed by atoms with Crippen molar-refractivity contribution < 1.29 is 9.66 Å². The van der Waals surface area contributed by atoms with Crippen LogP contribution in [0.5, 0.6) is 0 Å². The van der Waals surface area contributed by atoms with Gasteiger partial charge in [-0.2, -0.15) is 4.98 Å². The Balaban J connectivity index is 2.45. The van der Waals surface area contributed by atoms with Crippen LogP contribution in [0.1, 0.15) is 12.1 Å². The number of hydrogen-bond donors (Lipinski definition) is 1. The predicted molar refractivity (Wildman–Crippen MR) is 70.6 cm³/mol. The van der Waals surface area contributed by atoms with Gasteiger partial charge in [0.25, 0.3) is 0 Å². The van der Waals surface area contributed by atoms with Gasteiger partial charge in [0.2, 0.25) is 11.8 Å². The minimum atomic E-state index is -0.421. The maximum Gasteiger partial charge on any atom is 0.332 e. The summed E-state index contributed by atoms with van der Waals surface area (Å²) in [4.78, 5) is 21.0. The van der Waals surface area contributed by atoms with Gasteiger partial charge in [-0.15, -0.1) is 0 Å². The van der Waals surface area contributed by atoms with Crippen molar-refractivity contribution in [2.45, 2.75) is 13.3 Å². The monoisotopic (exact) mass is 267 g/mol.